The van der Waals surface area contributed by atoms with Crippen LogP contribution in [0.15, 0.2) is 60.9 Å². The van der Waals surface area contributed by atoms with Gasteiger partial charge in [-0.3, -0.25) is 4.79 Å². The number of nitrogens with zero attached hydrogens (tertiary/aromatic N) is 3. The van der Waals surface area contributed by atoms with Crippen molar-refractivity contribution in [2.45, 2.75) is 19.4 Å². The van der Waals surface area contributed by atoms with Crippen molar-refractivity contribution >= 4 is 5.91 Å². The second-order valence-electron chi connectivity index (χ2n) is 6.35. The number of halogens is 1. The average Bonchev–Trinajstić information content (AvgIpc) is 3.15. The van der Waals surface area contributed by atoms with Crippen molar-refractivity contribution in [2.75, 3.05) is 14.2 Å². The maximum atomic E-state index is 13.7. The summed E-state index contributed by atoms with van der Waals surface area (Å²) >= 11 is 0. The Morgan fingerprint density at radius 3 is 2.67 bits per heavy atom. The molecule has 1 amide bonds. The highest BCUT2D eigenvalue weighted by atomic mass is 19.1. The molecule has 3 rings (SSSR count). The number of hydrogen-bond donors (Lipinski definition) is 0. The zero-order valence-electron chi connectivity index (χ0n) is 15.4. The molecule has 2 aromatic carbocycles. The number of carbonyl (C=O) groups excluding carboxylic acids is 1. The van der Waals surface area contributed by atoms with E-state index in [0.29, 0.717) is 19.4 Å². The normalized spacial score (nSPS) is 10.6. The Morgan fingerprint density at radius 2 is 1.96 bits per heavy atom. The fourth-order valence-electron chi connectivity index (χ4n) is 2.83. The number of carbonyl (C=O) groups is 1. The molecular formula is C21H22FN3O2. The van der Waals surface area contributed by atoms with Crippen LogP contribution in [0.3, 0.4) is 0 Å². The Balaban J connectivity index is 1.55. The van der Waals surface area contributed by atoms with Crippen molar-refractivity contribution < 1.29 is 13.9 Å². The first kappa shape index (κ1) is 18.6. The molecule has 1 heterocycles. The molecule has 140 valence electrons. The van der Waals surface area contributed by atoms with Gasteiger partial charge in [-0.05, 0) is 36.2 Å². The molecule has 0 radical (unpaired) electrons. The van der Waals surface area contributed by atoms with E-state index in [0.717, 1.165) is 16.8 Å². The van der Waals surface area contributed by atoms with Crippen molar-refractivity contribution in [2.24, 2.45) is 0 Å². The fraction of sp³-hybridized carbons (Fsp3) is 0.238. The Labute approximate surface area is 158 Å². The van der Waals surface area contributed by atoms with Crippen LogP contribution in [0.4, 0.5) is 4.39 Å². The number of methoxy groups -OCH3 is 1. The van der Waals surface area contributed by atoms with Crippen LogP contribution in [0.1, 0.15) is 17.5 Å². The highest BCUT2D eigenvalue weighted by Crippen LogP contribution is 2.19. The van der Waals surface area contributed by atoms with E-state index < -0.39 is 5.82 Å². The van der Waals surface area contributed by atoms with Crippen LogP contribution in [-0.4, -0.2) is 34.7 Å². The van der Waals surface area contributed by atoms with E-state index in [2.05, 4.69) is 5.10 Å². The summed E-state index contributed by atoms with van der Waals surface area (Å²) in [5, 5.41) is 4.34. The number of rotatable bonds is 7. The summed E-state index contributed by atoms with van der Waals surface area (Å²) in [6.07, 6.45) is 4.47. The number of aryl methyl sites for hydroxylation is 1. The molecule has 0 saturated carbocycles. The van der Waals surface area contributed by atoms with Gasteiger partial charge in [0.25, 0.3) is 0 Å². The molecule has 0 aliphatic carbocycles. The van der Waals surface area contributed by atoms with Crippen LogP contribution >= 0.6 is 0 Å². The predicted octanol–water partition coefficient (Wildman–Crippen LogP) is 3.61. The standard InChI is InChI=1S/C21H22FN3O2/c1-24(14-17-13-23-25(15-17)18-6-4-3-5-7-18)21(26)11-9-16-8-10-20(27-2)19(22)12-16/h3-8,10,12-13,15H,9,11,14H2,1-2H3. The number of amides is 1. The van der Waals surface area contributed by atoms with Gasteiger partial charge in [-0.25, -0.2) is 9.07 Å². The van der Waals surface area contributed by atoms with Gasteiger partial charge in [-0.1, -0.05) is 24.3 Å². The third kappa shape index (κ3) is 4.73. The minimum Gasteiger partial charge on any atom is -0.494 e. The van der Waals surface area contributed by atoms with Crippen molar-refractivity contribution in [1.29, 1.82) is 0 Å². The summed E-state index contributed by atoms with van der Waals surface area (Å²) in [4.78, 5) is 14.0. The summed E-state index contributed by atoms with van der Waals surface area (Å²) in [5.74, 6) is -0.208. The zero-order valence-corrected chi connectivity index (χ0v) is 15.4. The van der Waals surface area contributed by atoms with Crippen molar-refractivity contribution in [3.63, 3.8) is 0 Å². The minimum atomic E-state index is -0.413. The van der Waals surface area contributed by atoms with Crippen LogP contribution in [0.25, 0.3) is 5.69 Å². The Kier molecular flexibility index (Phi) is 5.86. The van der Waals surface area contributed by atoms with E-state index in [4.69, 9.17) is 4.74 Å². The largest absolute Gasteiger partial charge is 0.494 e. The second kappa shape index (κ2) is 8.49. The third-order valence-corrected chi connectivity index (χ3v) is 4.35. The molecule has 3 aromatic rings. The van der Waals surface area contributed by atoms with E-state index in [1.165, 1.54) is 13.2 Å². The average molecular weight is 367 g/mol. The van der Waals surface area contributed by atoms with Crippen molar-refractivity contribution in [1.82, 2.24) is 14.7 Å². The predicted molar refractivity (Wildman–Crippen MR) is 101 cm³/mol. The topological polar surface area (TPSA) is 47.4 Å². The molecule has 6 heteroatoms. The van der Waals surface area contributed by atoms with E-state index in [9.17, 15) is 9.18 Å². The first-order valence-corrected chi connectivity index (χ1v) is 8.72. The third-order valence-electron chi connectivity index (χ3n) is 4.35. The summed E-state index contributed by atoms with van der Waals surface area (Å²) in [5.41, 5.74) is 2.69. The smallest absolute Gasteiger partial charge is 0.222 e. The fourth-order valence-corrected chi connectivity index (χ4v) is 2.83. The molecule has 1 aromatic heterocycles. The summed E-state index contributed by atoms with van der Waals surface area (Å²) in [7, 11) is 3.19. The Bertz CT molecular complexity index is 909. The number of para-hydroxylation sites is 1. The first-order chi connectivity index (χ1) is 13.1. The summed E-state index contributed by atoms with van der Waals surface area (Å²) < 4.78 is 20.4. The lowest BCUT2D eigenvalue weighted by Gasteiger charge is -2.16. The lowest BCUT2D eigenvalue weighted by Crippen LogP contribution is -2.26. The molecule has 0 spiro atoms. The van der Waals surface area contributed by atoms with Crippen molar-refractivity contribution in [3.05, 3.63) is 77.9 Å². The molecular weight excluding hydrogens is 345 g/mol. The van der Waals surface area contributed by atoms with E-state index in [1.807, 2.05) is 36.5 Å². The SMILES string of the molecule is COc1ccc(CCC(=O)N(C)Cc2cnn(-c3ccccc3)c2)cc1F. The van der Waals surface area contributed by atoms with Gasteiger partial charge in [0.1, 0.15) is 0 Å². The van der Waals surface area contributed by atoms with Gasteiger partial charge in [0.15, 0.2) is 11.6 Å². The molecule has 27 heavy (non-hydrogen) atoms. The number of aromatic nitrogens is 2. The molecule has 0 fully saturated rings. The molecule has 0 saturated heterocycles. The number of benzene rings is 2. The minimum absolute atomic E-state index is 0.00122. The Hall–Kier alpha value is -3.15. The van der Waals surface area contributed by atoms with E-state index in [1.54, 1.807) is 35.0 Å². The van der Waals surface area contributed by atoms with Gasteiger partial charge < -0.3 is 9.64 Å². The van der Waals surface area contributed by atoms with Gasteiger partial charge in [-0.2, -0.15) is 5.10 Å². The highest BCUT2D eigenvalue weighted by molar-refractivity contribution is 5.76. The highest BCUT2D eigenvalue weighted by Gasteiger charge is 2.12. The summed E-state index contributed by atoms with van der Waals surface area (Å²) in [6.45, 7) is 0.475. The first-order valence-electron chi connectivity index (χ1n) is 8.72. The van der Waals surface area contributed by atoms with Gasteiger partial charge in [-0.15, -0.1) is 0 Å². The van der Waals surface area contributed by atoms with E-state index in [-0.39, 0.29) is 11.7 Å². The van der Waals surface area contributed by atoms with Crippen molar-refractivity contribution in [3.8, 4) is 11.4 Å². The maximum absolute atomic E-state index is 13.7. The quantitative estimate of drug-likeness (QED) is 0.641. The lowest BCUT2D eigenvalue weighted by atomic mass is 10.1. The zero-order chi connectivity index (χ0) is 19.2. The molecule has 0 bridgehead atoms. The van der Waals surface area contributed by atoms with Crippen LogP contribution < -0.4 is 4.74 Å². The molecule has 0 aliphatic heterocycles. The summed E-state index contributed by atoms with van der Waals surface area (Å²) in [6, 6.07) is 14.6. The van der Waals surface area contributed by atoms with Crippen LogP contribution in [-0.2, 0) is 17.8 Å². The lowest BCUT2D eigenvalue weighted by molar-refractivity contribution is -0.130. The second-order valence-corrected chi connectivity index (χ2v) is 6.35. The van der Waals surface area contributed by atoms with E-state index >= 15 is 0 Å². The van der Waals surface area contributed by atoms with Gasteiger partial charge in [0.05, 0.1) is 19.0 Å². The van der Waals surface area contributed by atoms with Crippen LogP contribution in [0, 0.1) is 5.82 Å². The molecule has 0 unspecified atom stereocenters. The number of hydrogen-bond acceptors (Lipinski definition) is 3. The van der Waals surface area contributed by atoms with Crippen LogP contribution in [0.2, 0.25) is 0 Å². The maximum Gasteiger partial charge on any atom is 0.222 e. The van der Waals surface area contributed by atoms with Crippen LogP contribution in [0.5, 0.6) is 5.75 Å². The monoisotopic (exact) mass is 367 g/mol. The molecule has 0 atom stereocenters. The molecule has 0 aliphatic rings. The van der Waals surface area contributed by atoms with Gasteiger partial charge in [0, 0.05) is 31.8 Å². The molecule has 0 N–H and O–H groups in total. The van der Waals surface area contributed by atoms with Gasteiger partial charge in [0.2, 0.25) is 5.91 Å². The Morgan fingerprint density at radius 1 is 1.19 bits per heavy atom. The number of ether oxygens (including phenoxy) is 1. The van der Waals surface area contributed by atoms with Gasteiger partial charge >= 0.3 is 0 Å². The molecule has 5 nitrogen and oxygen atoms in total.